The number of amides is 1. The molecule has 1 saturated heterocycles. The van der Waals surface area contributed by atoms with Crippen molar-refractivity contribution >= 4 is 11.9 Å². The van der Waals surface area contributed by atoms with Gasteiger partial charge in [0.15, 0.2) is 0 Å². The number of rotatable bonds is 5. The third-order valence-electron chi connectivity index (χ3n) is 3.86. The molecule has 7 nitrogen and oxygen atoms in total. The van der Waals surface area contributed by atoms with E-state index < -0.39 is 12.0 Å². The van der Waals surface area contributed by atoms with E-state index in [1.165, 1.54) is 26.2 Å². The molecular weight excluding hydrogens is 288 g/mol. The highest BCUT2D eigenvalue weighted by atomic mass is 16.5. The van der Waals surface area contributed by atoms with Gasteiger partial charge in [0.05, 0.1) is 27.4 Å². The van der Waals surface area contributed by atoms with E-state index in [9.17, 15) is 9.59 Å². The van der Waals surface area contributed by atoms with Gasteiger partial charge in [0.25, 0.3) is 0 Å². The molecule has 22 heavy (non-hydrogen) atoms. The van der Waals surface area contributed by atoms with E-state index >= 15 is 0 Å². The number of esters is 1. The minimum absolute atomic E-state index is 0.0826. The predicted octanol–water partition coefficient (Wildman–Crippen LogP) is 1.32. The van der Waals surface area contributed by atoms with Crippen LogP contribution in [0.4, 0.5) is 0 Å². The zero-order valence-corrected chi connectivity index (χ0v) is 13.2. The highest BCUT2D eigenvalue weighted by Gasteiger charge is 2.40. The Morgan fingerprint density at radius 2 is 2.05 bits per heavy atom. The van der Waals surface area contributed by atoms with Gasteiger partial charge in [0.2, 0.25) is 17.7 Å². The third-order valence-corrected chi connectivity index (χ3v) is 3.86. The molecule has 1 aromatic heterocycles. The number of aromatic nitrogens is 1. The summed E-state index contributed by atoms with van der Waals surface area (Å²) in [5, 5.41) is 0. The Labute approximate surface area is 129 Å². The first kappa shape index (κ1) is 16.1. The van der Waals surface area contributed by atoms with Crippen molar-refractivity contribution < 1.29 is 23.8 Å². The second kappa shape index (κ2) is 6.64. The molecular formula is C15H20N2O5. The molecule has 2 atom stereocenters. The lowest BCUT2D eigenvalue weighted by molar-refractivity contribution is -0.150. The van der Waals surface area contributed by atoms with Crippen LogP contribution >= 0.6 is 0 Å². The Bertz CT molecular complexity index is 575. The topological polar surface area (TPSA) is 78.0 Å². The van der Waals surface area contributed by atoms with Crippen LogP contribution in [-0.2, 0) is 14.3 Å². The average molecular weight is 308 g/mol. The molecule has 0 aromatic carbocycles. The van der Waals surface area contributed by atoms with Crippen molar-refractivity contribution in [3.8, 4) is 11.8 Å². The van der Waals surface area contributed by atoms with Crippen molar-refractivity contribution in [3.63, 3.8) is 0 Å². The van der Waals surface area contributed by atoms with Gasteiger partial charge in [-0.1, -0.05) is 0 Å². The van der Waals surface area contributed by atoms with Gasteiger partial charge in [-0.05, 0) is 19.4 Å². The molecule has 1 aliphatic heterocycles. The lowest BCUT2D eigenvalue weighted by Crippen LogP contribution is -2.41. The Hall–Kier alpha value is -2.31. The lowest BCUT2D eigenvalue weighted by atomic mass is 10.1. The maximum Gasteiger partial charge on any atom is 0.328 e. The minimum atomic E-state index is -0.570. The molecule has 0 saturated carbocycles. The fourth-order valence-corrected chi connectivity index (χ4v) is 2.73. The number of ether oxygens (including phenoxy) is 3. The SMILES string of the molecule is COC(=O)C1CCC(=O)N1C(C)c1ccc(OC)nc1OC. The van der Waals surface area contributed by atoms with Crippen LogP contribution in [0.1, 0.15) is 31.4 Å². The van der Waals surface area contributed by atoms with Crippen LogP contribution in [-0.4, -0.2) is 49.1 Å². The van der Waals surface area contributed by atoms with Gasteiger partial charge in [-0.15, -0.1) is 0 Å². The van der Waals surface area contributed by atoms with Crippen LogP contribution in [0.3, 0.4) is 0 Å². The fourth-order valence-electron chi connectivity index (χ4n) is 2.73. The van der Waals surface area contributed by atoms with E-state index in [1.807, 2.05) is 6.92 Å². The Kier molecular flexibility index (Phi) is 4.85. The van der Waals surface area contributed by atoms with Crippen LogP contribution in [0.15, 0.2) is 12.1 Å². The van der Waals surface area contributed by atoms with Gasteiger partial charge in [-0.3, -0.25) is 4.79 Å². The second-order valence-corrected chi connectivity index (χ2v) is 5.01. The number of carbonyl (C=O) groups is 2. The summed E-state index contributed by atoms with van der Waals surface area (Å²) in [6.45, 7) is 1.84. The van der Waals surface area contributed by atoms with Crippen LogP contribution in [0.25, 0.3) is 0 Å². The molecule has 0 spiro atoms. The van der Waals surface area contributed by atoms with Crippen molar-refractivity contribution in [2.45, 2.75) is 31.8 Å². The standard InChI is InChI=1S/C15H20N2O5/c1-9(10-5-7-12(20-2)16-14(10)21-3)17-11(15(19)22-4)6-8-13(17)18/h5,7,9,11H,6,8H2,1-4H3. The lowest BCUT2D eigenvalue weighted by Gasteiger charge is -2.30. The summed E-state index contributed by atoms with van der Waals surface area (Å²) in [4.78, 5) is 29.8. The zero-order valence-electron chi connectivity index (χ0n) is 13.2. The smallest absolute Gasteiger partial charge is 0.328 e. The maximum atomic E-state index is 12.2. The minimum Gasteiger partial charge on any atom is -0.481 e. The van der Waals surface area contributed by atoms with Crippen LogP contribution in [0.2, 0.25) is 0 Å². The molecule has 2 unspecified atom stereocenters. The van der Waals surface area contributed by atoms with Gasteiger partial charge in [0.1, 0.15) is 6.04 Å². The molecule has 0 aliphatic carbocycles. The summed E-state index contributed by atoms with van der Waals surface area (Å²) >= 11 is 0. The van der Waals surface area contributed by atoms with Crippen molar-refractivity contribution in [2.24, 2.45) is 0 Å². The van der Waals surface area contributed by atoms with Gasteiger partial charge in [-0.25, -0.2) is 4.79 Å². The van der Waals surface area contributed by atoms with Gasteiger partial charge in [-0.2, -0.15) is 4.98 Å². The van der Waals surface area contributed by atoms with E-state index in [4.69, 9.17) is 14.2 Å². The molecule has 1 fully saturated rings. The Morgan fingerprint density at radius 3 is 2.64 bits per heavy atom. The van der Waals surface area contributed by atoms with Crippen LogP contribution < -0.4 is 9.47 Å². The molecule has 1 amide bonds. The van der Waals surface area contributed by atoms with E-state index in [0.717, 1.165) is 0 Å². The van der Waals surface area contributed by atoms with Crippen molar-refractivity contribution in [2.75, 3.05) is 21.3 Å². The van der Waals surface area contributed by atoms with Crippen molar-refractivity contribution in [1.29, 1.82) is 0 Å². The largest absolute Gasteiger partial charge is 0.481 e. The van der Waals surface area contributed by atoms with E-state index in [2.05, 4.69) is 4.98 Å². The van der Waals surface area contributed by atoms with E-state index in [-0.39, 0.29) is 11.9 Å². The molecule has 0 N–H and O–H groups in total. The monoisotopic (exact) mass is 308 g/mol. The Morgan fingerprint density at radius 1 is 1.32 bits per heavy atom. The predicted molar refractivity (Wildman–Crippen MR) is 77.6 cm³/mol. The number of methoxy groups -OCH3 is 3. The van der Waals surface area contributed by atoms with Crippen LogP contribution in [0, 0.1) is 0 Å². The number of hydrogen-bond acceptors (Lipinski definition) is 6. The number of hydrogen-bond donors (Lipinski definition) is 0. The second-order valence-electron chi connectivity index (χ2n) is 5.01. The summed E-state index contributed by atoms with van der Waals surface area (Å²) in [7, 11) is 4.34. The highest BCUT2D eigenvalue weighted by Crippen LogP contribution is 2.35. The quantitative estimate of drug-likeness (QED) is 0.764. The maximum absolute atomic E-state index is 12.2. The summed E-state index contributed by atoms with van der Waals surface area (Å²) in [5.41, 5.74) is 0.715. The molecule has 1 aliphatic rings. The van der Waals surface area contributed by atoms with Gasteiger partial charge >= 0.3 is 5.97 Å². The molecule has 0 radical (unpaired) electrons. The number of pyridine rings is 1. The summed E-state index contributed by atoms with van der Waals surface area (Å²) in [6.07, 6.45) is 0.789. The first-order valence-electron chi connectivity index (χ1n) is 7.01. The summed E-state index contributed by atoms with van der Waals surface area (Å²) in [5.74, 6) is 0.305. The molecule has 1 aromatic rings. The number of likely N-dealkylation sites (tertiary alicyclic amines) is 1. The van der Waals surface area contributed by atoms with Crippen molar-refractivity contribution in [1.82, 2.24) is 9.88 Å². The molecule has 120 valence electrons. The highest BCUT2D eigenvalue weighted by molar-refractivity contribution is 5.88. The molecule has 2 heterocycles. The Balaban J connectivity index is 2.35. The summed E-state index contributed by atoms with van der Waals surface area (Å²) in [6, 6.07) is 2.56. The number of nitrogens with zero attached hydrogens (tertiary/aromatic N) is 2. The zero-order chi connectivity index (χ0) is 16.3. The molecule has 2 rings (SSSR count). The van der Waals surface area contributed by atoms with E-state index in [0.29, 0.717) is 30.2 Å². The van der Waals surface area contributed by atoms with Gasteiger partial charge < -0.3 is 19.1 Å². The normalized spacial score (nSPS) is 19.0. The molecule has 7 heteroatoms. The van der Waals surface area contributed by atoms with Gasteiger partial charge in [0, 0.05) is 18.1 Å². The first-order chi connectivity index (χ1) is 10.5. The average Bonchev–Trinajstić information content (AvgIpc) is 2.94. The summed E-state index contributed by atoms with van der Waals surface area (Å²) < 4.78 is 15.1. The number of carbonyl (C=O) groups excluding carboxylic acids is 2. The first-order valence-corrected chi connectivity index (χ1v) is 7.01. The third kappa shape index (κ3) is 2.84. The fraction of sp³-hybridized carbons (Fsp3) is 0.533. The molecule has 0 bridgehead atoms. The van der Waals surface area contributed by atoms with Crippen molar-refractivity contribution in [3.05, 3.63) is 17.7 Å². The van der Waals surface area contributed by atoms with Crippen LogP contribution in [0.5, 0.6) is 11.8 Å². The van der Waals surface area contributed by atoms with E-state index in [1.54, 1.807) is 12.1 Å².